The van der Waals surface area contributed by atoms with Gasteiger partial charge in [-0.3, -0.25) is 4.79 Å². The molecule has 100 valence electrons. The first kappa shape index (κ1) is 13.1. The van der Waals surface area contributed by atoms with Gasteiger partial charge in [-0.2, -0.15) is 0 Å². The second kappa shape index (κ2) is 5.51. The van der Waals surface area contributed by atoms with E-state index in [1.165, 1.54) is 6.33 Å². The Kier molecular flexibility index (Phi) is 3.79. The minimum Gasteiger partial charge on any atom is -0.428 e. The van der Waals surface area contributed by atoms with Crippen LogP contribution in [0.15, 0.2) is 24.5 Å². The minimum absolute atomic E-state index is 0.256. The molecule has 1 heterocycles. The molecule has 0 fully saturated rings. The number of nitrogens with zero attached hydrogens (tertiary/aromatic N) is 1. The molecular formula is C13H14N2O4. The molecule has 0 aliphatic carbocycles. The van der Waals surface area contributed by atoms with Crippen LogP contribution in [0.3, 0.4) is 0 Å². The van der Waals surface area contributed by atoms with Crippen molar-refractivity contribution in [2.24, 2.45) is 5.92 Å². The molecule has 1 aromatic heterocycles. The van der Waals surface area contributed by atoms with E-state index in [1.54, 1.807) is 32.0 Å². The van der Waals surface area contributed by atoms with Crippen molar-refractivity contribution in [3.05, 3.63) is 30.1 Å². The number of imidazole rings is 1. The van der Waals surface area contributed by atoms with Gasteiger partial charge in [0.25, 0.3) is 0 Å². The van der Waals surface area contributed by atoms with Crippen LogP contribution in [0, 0.1) is 5.92 Å². The number of aromatic nitrogens is 2. The lowest BCUT2D eigenvalue weighted by Crippen LogP contribution is -2.16. The van der Waals surface area contributed by atoms with Gasteiger partial charge in [-0.05, 0) is 12.1 Å². The van der Waals surface area contributed by atoms with E-state index < -0.39 is 18.7 Å². The maximum absolute atomic E-state index is 11.8. The largest absolute Gasteiger partial charge is 0.428 e. The van der Waals surface area contributed by atoms with E-state index >= 15 is 0 Å². The highest BCUT2D eigenvalue weighted by atomic mass is 16.7. The summed E-state index contributed by atoms with van der Waals surface area (Å²) < 4.78 is 9.67. The second-order valence-electron chi connectivity index (χ2n) is 4.27. The van der Waals surface area contributed by atoms with Crippen molar-refractivity contribution < 1.29 is 19.1 Å². The molecule has 19 heavy (non-hydrogen) atoms. The van der Waals surface area contributed by atoms with Gasteiger partial charge in [0.2, 0.25) is 6.79 Å². The van der Waals surface area contributed by atoms with Gasteiger partial charge < -0.3 is 14.5 Å². The Hall–Kier alpha value is -2.37. The fraction of sp³-hybridized carbons (Fsp3) is 0.308. The molecule has 0 amide bonds. The van der Waals surface area contributed by atoms with Crippen LogP contribution in [0.1, 0.15) is 24.2 Å². The van der Waals surface area contributed by atoms with E-state index in [4.69, 9.17) is 9.47 Å². The van der Waals surface area contributed by atoms with Crippen molar-refractivity contribution in [1.29, 1.82) is 0 Å². The van der Waals surface area contributed by atoms with Crippen LogP contribution in [0.2, 0.25) is 0 Å². The Bertz CT molecular complexity index is 603. The number of ether oxygens (including phenoxy) is 2. The molecule has 0 saturated heterocycles. The Morgan fingerprint density at radius 3 is 2.84 bits per heavy atom. The van der Waals surface area contributed by atoms with Gasteiger partial charge in [0.1, 0.15) is 5.52 Å². The molecule has 1 aromatic carbocycles. The van der Waals surface area contributed by atoms with E-state index in [2.05, 4.69) is 9.97 Å². The maximum atomic E-state index is 11.8. The van der Waals surface area contributed by atoms with Crippen molar-refractivity contribution in [2.75, 3.05) is 6.79 Å². The second-order valence-corrected chi connectivity index (χ2v) is 4.27. The van der Waals surface area contributed by atoms with Gasteiger partial charge >= 0.3 is 11.9 Å². The predicted octanol–water partition coefficient (Wildman–Crippen LogP) is 1.88. The van der Waals surface area contributed by atoms with Crippen molar-refractivity contribution in [3.8, 4) is 0 Å². The standard InChI is InChI=1S/C13H14N2O4/c1-8(2)12(16)18-7-19-13(17)9-4-3-5-10-11(9)15-6-14-10/h3-6,8H,7H2,1-2H3,(H,14,15). The molecule has 0 aliphatic heterocycles. The average Bonchev–Trinajstić information content (AvgIpc) is 2.86. The van der Waals surface area contributed by atoms with Crippen LogP contribution in [0.5, 0.6) is 0 Å². The molecule has 0 aliphatic rings. The minimum atomic E-state index is -0.575. The highest BCUT2D eigenvalue weighted by molar-refractivity contribution is 6.01. The van der Waals surface area contributed by atoms with Crippen LogP contribution >= 0.6 is 0 Å². The molecule has 2 rings (SSSR count). The maximum Gasteiger partial charge on any atom is 0.343 e. The molecular weight excluding hydrogens is 248 g/mol. The number of hydrogen-bond donors (Lipinski definition) is 1. The molecule has 0 spiro atoms. The van der Waals surface area contributed by atoms with Crippen molar-refractivity contribution >= 4 is 23.0 Å². The van der Waals surface area contributed by atoms with Gasteiger partial charge in [-0.1, -0.05) is 19.9 Å². The molecule has 0 radical (unpaired) electrons. The molecule has 6 nitrogen and oxygen atoms in total. The number of hydrogen-bond acceptors (Lipinski definition) is 5. The van der Waals surface area contributed by atoms with Crippen molar-refractivity contribution in [1.82, 2.24) is 9.97 Å². The van der Waals surface area contributed by atoms with Crippen LogP contribution in [-0.4, -0.2) is 28.7 Å². The summed E-state index contributed by atoms with van der Waals surface area (Å²) in [5.41, 5.74) is 1.61. The Labute approximate surface area is 109 Å². The van der Waals surface area contributed by atoms with Crippen LogP contribution in [0.4, 0.5) is 0 Å². The molecule has 2 aromatic rings. The summed E-state index contributed by atoms with van der Waals surface area (Å²) >= 11 is 0. The highest BCUT2D eigenvalue weighted by Crippen LogP contribution is 2.15. The topological polar surface area (TPSA) is 81.3 Å². The molecule has 0 bridgehead atoms. The van der Waals surface area contributed by atoms with Crippen molar-refractivity contribution in [2.45, 2.75) is 13.8 Å². The Morgan fingerprint density at radius 1 is 1.32 bits per heavy atom. The number of carbonyl (C=O) groups is 2. The number of esters is 2. The van der Waals surface area contributed by atoms with E-state index in [0.717, 1.165) is 5.52 Å². The number of aromatic amines is 1. The first-order valence-corrected chi connectivity index (χ1v) is 5.85. The lowest BCUT2D eigenvalue weighted by Gasteiger charge is -2.08. The van der Waals surface area contributed by atoms with E-state index in [-0.39, 0.29) is 5.92 Å². The number of benzene rings is 1. The number of H-pyrrole nitrogens is 1. The fourth-order valence-corrected chi connectivity index (χ4v) is 1.52. The van der Waals surface area contributed by atoms with Gasteiger partial charge in [0, 0.05) is 0 Å². The number of nitrogens with one attached hydrogen (secondary N) is 1. The van der Waals surface area contributed by atoms with Crippen LogP contribution < -0.4 is 0 Å². The van der Waals surface area contributed by atoms with Gasteiger partial charge in [-0.15, -0.1) is 0 Å². The zero-order valence-electron chi connectivity index (χ0n) is 10.7. The number of para-hydroxylation sites is 1. The summed E-state index contributed by atoms with van der Waals surface area (Å²) in [6, 6.07) is 5.13. The monoisotopic (exact) mass is 262 g/mol. The van der Waals surface area contributed by atoms with Gasteiger partial charge in [0.05, 0.1) is 23.3 Å². The smallest absolute Gasteiger partial charge is 0.343 e. The summed E-state index contributed by atoms with van der Waals surface area (Å²) in [4.78, 5) is 30.0. The first-order valence-electron chi connectivity index (χ1n) is 5.85. The number of rotatable bonds is 4. The highest BCUT2D eigenvalue weighted by Gasteiger charge is 2.14. The van der Waals surface area contributed by atoms with E-state index in [1.807, 2.05) is 0 Å². The molecule has 0 saturated carbocycles. The summed E-state index contributed by atoms with van der Waals surface area (Å²) in [5, 5.41) is 0. The van der Waals surface area contributed by atoms with Gasteiger partial charge in [0.15, 0.2) is 0 Å². The first-order chi connectivity index (χ1) is 9.09. The summed E-state index contributed by atoms with van der Waals surface area (Å²) in [5.74, 6) is -1.24. The quantitative estimate of drug-likeness (QED) is 0.672. The number of fused-ring (bicyclic) bond motifs is 1. The third-order valence-corrected chi connectivity index (χ3v) is 2.53. The Balaban J connectivity index is 2.01. The SMILES string of the molecule is CC(C)C(=O)OCOC(=O)c1cccc2[nH]cnc12. The fourth-order valence-electron chi connectivity index (χ4n) is 1.52. The normalized spacial score (nSPS) is 10.7. The van der Waals surface area contributed by atoms with E-state index in [0.29, 0.717) is 11.1 Å². The van der Waals surface area contributed by atoms with Crippen LogP contribution in [0.25, 0.3) is 11.0 Å². The third-order valence-electron chi connectivity index (χ3n) is 2.53. The zero-order valence-corrected chi connectivity index (χ0v) is 10.7. The zero-order chi connectivity index (χ0) is 13.8. The van der Waals surface area contributed by atoms with Gasteiger partial charge in [-0.25, -0.2) is 9.78 Å². The molecule has 1 N–H and O–H groups in total. The summed E-state index contributed by atoms with van der Waals surface area (Å²) in [7, 11) is 0. The summed E-state index contributed by atoms with van der Waals surface area (Å²) in [6.45, 7) is 3.01. The Morgan fingerprint density at radius 2 is 2.11 bits per heavy atom. The molecule has 0 unspecified atom stereocenters. The molecule has 0 atom stereocenters. The lowest BCUT2D eigenvalue weighted by atomic mass is 10.2. The summed E-state index contributed by atoms with van der Waals surface area (Å²) in [6.07, 6.45) is 1.50. The van der Waals surface area contributed by atoms with E-state index in [9.17, 15) is 9.59 Å². The third kappa shape index (κ3) is 2.90. The predicted molar refractivity (Wildman–Crippen MR) is 67.3 cm³/mol. The van der Waals surface area contributed by atoms with Crippen molar-refractivity contribution in [3.63, 3.8) is 0 Å². The number of carbonyl (C=O) groups excluding carboxylic acids is 2. The van der Waals surface area contributed by atoms with Crippen LogP contribution in [-0.2, 0) is 14.3 Å². The lowest BCUT2D eigenvalue weighted by molar-refractivity contribution is -0.155. The average molecular weight is 262 g/mol. The molecule has 6 heteroatoms.